The minimum absolute atomic E-state index is 0. The zero-order chi connectivity index (χ0) is 10.1. The highest BCUT2D eigenvalue weighted by Crippen LogP contribution is 2.06. The second-order valence-corrected chi connectivity index (χ2v) is 4.12. The van der Waals surface area contributed by atoms with Gasteiger partial charge in [-0.05, 0) is 31.0 Å². The van der Waals surface area contributed by atoms with Crippen LogP contribution >= 0.6 is 36.2 Å². The van der Waals surface area contributed by atoms with Crippen molar-refractivity contribution in [1.29, 1.82) is 0 Å². The van der Waals surface area contributed by atoms with Crippen LogP contribution in [0.15, 0.2) is 17.5 Å². The van der Waals surface area contributed by atoms with Crippen molar-refractivity contribution in [2.45, 2.75) is 13.0 Å². The largest absolute Gasteiger partial charge is 0.395 e. The average Bonchev–Trinajstić information content (AvgIpc) is 2.69. The Hall–Kier alpha value is 0.160. The van der Waals surface area contributed by atoms with Gasteiger partial charge in [-0.25, -0.2) is 0 Å². The summed E-state index contributed by atoms with van der Waals surface area (Å²) in [6.07, 6.45) is 1.10. The van der Waals surface area contributed by atoms with Gasteiger partial charge in [-0.2, -0.15) is 0 Å². The molecule has 0 radical (unpaired) electrons. The molecule has 96 valence electrons. The molecule has 0 aliphatic rings. The molecule has 0 spiro atoms. The number of nitrogens with one attached hydrogen (secondary N) is 2. The Balaban J connectivity index is 0. The first kappa shape index (κ1) is 18.5. The lowest BCUT2D eigenvalue weighted by Crippen LogP contribution is -2.23. The normalized spacial score (nSPS) is 9.31. The molecule has 0 aromatic carbocycles. The van der Waals surface area contributed by atoms with Crippen LogP contribution in [0.2, 0.25) is 0 Å². The zero-order valence-electron chi connectivity index (χ0n) is 9.15. The van der Waals surface area contributed by atoms with Gasteiger partial charge in [-0.15, -0.1) is 36.2 Å². The third-order valence-corrected chi connectivity index (χ3v) is 2.75. The minimum Gasteiger partial charge on any atom is -0.395 e. The number of thiophene rings is 1. The fraction of sp³-hybridized carbons (Fsp3) is 0.600. The summed E-state index contributed by atoms with van der Waals surface area (Å²) in [6, 6.07) is 4.21. The molecule has 0 aliphatic heterocycles. The van der Waals surface area contributed by atoms with Gasteiger partial charge < -0.3 is 15.7 Å². The van der Waals surface area contributed by atoms with E-state index < -0.39 is 0 Å². The molecule has 1 rings (SSSR count). The van der Waals surface area contributed by atoms with E-state index in [0.29, 0.717) is 6.54 Å². The van der Waals surface area contributed by atoms with Gasteiger partial charge in [0.25, 0.3) is 0 Å². The molecule has 0 saturated heterocycles. The maximum atomic E-state index is 8.52. The van der Waals surface area contributed by atoms with Crippen molar-refractivity contribution in [3.63, 3.8) is 0 Å². The van der Waals surface area contributed by atoms with Crippen molar-refractivity contribution < 1.29 is 5.11 Å². The monoisotopic (exact) mass is 286 g/mol. The smallest absolute Gasteiger partial charge is 0.0555 e. The summed E-state index contributed by atoms with van der Waals surface area (Å²) in [6.45, 7) is 3.89. The summed E-state index contributed by atoms with van der Waals surface area (Å²) in [5, 5.41) is 17.1. The highest BCUT2D eigenvalue weighted by atomic mass is 35.5. The van der Waals surface area contributed by atoms with Crippen LogP contribution in [0, 0.1) is 0 Å². The van der Waals surface area contributed by atoms with Crippen LogP contribution in [0.3, 0.4) is 0 Å². The standard InChI is InChI=1S/C10H18N2OS.2ClH/c13-7-6-11-4-2-5-12-9-10-3-1-8-14-10;;/h1,3,8,11-13H,2,4-7,9H2;2*1H. The predicted octanol–water partition coefficient (Wildman–Crippen LogP) is 1.65. The van der Waals surface area contributed by atoms with Crippen LogP contribution in [-0.4, -0.2) is 31.3 Å². The summed E-state index contributed by atoms with van der Waals surface area (Å²) in [5.74, 6) is 0. The Bertz CT molecular complexity index is 223. The number of aliphatic hydroxyl groups excluding tert-OH is 1. The second kappa shape index (κ2) is 13.2. The number of hydrogen-bond acceptors (Lipinski definition) is 4. The second-order valence-electron chi connectivity index (χ2n) is 3.08. The lowest BCUT2D eigenvalue weighted by molar-refractivity contribution is 0.292. The predicted molar refractivity (Wildman–Crippen MR) is 75.1 cm³/mol. The fourth-order valence-corrected chi connectivity index (χ4v) is 1.84. The van der Waals surface area contributed by atoms with Gasteiger partial charge in [-0.3, -0.25) is 0 Å². The van der Waals surface area contributed by atoms with Gasteiger partial charge in [0.05, 0.1) is 6.61 Å². The van der Waals surface area contributed by atoms with Crippen LogP contribution in [0.5, 0.6) is 0 Å². The van der Waals surface area contributed by atoms with E-state index in [-0.39, 0.29) is 31.4 Å². The lowest BCUT2D eigenvalue weighted by atomic mass is 10.4. The van der Waals surface area contributed by atoms with Gasteiger partial charge >= 0.3 is 0 Å². The molecule has 6 heteroatoms. The Kier molecular flexibility index (Phi) is 15.3. The first-order valence-electron chi connectivity index (χ1n) is 4.98. The fourth-order valence-electron chi connectivity index (χ4n) is 1.17. The number of aliphatic hydroxyl groups is 1. The Labute approximate surface area is 113 Å². The van der Waals surface area contributed by atoms with Gasteiger partial charge in [0.15, 0.2) is 0 Å². The van der Waals surface area contributed by atoms with Gasteiger partial charge in [-0.1, -0.05) is 6.07 Å². The molecule has 3 N–H and O–H groups in total. The van der Waals surface area contributed by atoms with E-state index in [1.54, 1.807) is 11.3 Å². The minimum atomic E-state index is 0. The summed E-state index contributed by atoms with van der Waals surface area (Å²) < 4.78 is 0. The van der Waals surface area contributed by atoms with E-state index in [2.05, 4.69) is 28.1 Å². The van der Waals surface area contributed by atoms with Crippen LogP contribution in [0.25, 0.3) is 0 Å². The SMILES string of the molecule is Cl.Cl.OCCNCCCNCc1cccs1. The van der Waals surface area contributed by atoms with Crippen molar-refractivity contribution in [3.05, 3.63) is 22.4 Å². The molecule has 16 heavy (non-hydrogen) atoms. The Morgan fingerprint density at radius 2 is 1.88 bits per heavy atom. The quantitative estimate of drug-likeness (QED) is 0.637. The zero-order valence-corrected chi connectivity index (χ0v) is 11.6. The molecular formula is C10H20Cl2N2OS. The van der Waals surface area contributed by atoms with Crippen molar-refractivity contribution in [3.8, 4) is 0 Å². The average molecular weight is 287 g/mol. The highest BCUT2D eigenvalue weighted by Gasteiger charge is 1.92. The maximum Gasteiger partial charge on any atom is 0.0555 e. The van der Waals surface area contributed by atoms with E-state index in [1.807, 2.05) is 0 Å². The van der Waals surface area contributed by atoms with E-state index >= 15 is 0 Å². The molecule has 0 aliphatic carbocycles. The third kappa shape index (κ3) is 9.39. The molecule has 0 unspecified atom stereocenters. The molecule has 0 fully saturated rings. The lowest BCUT2D eigenvalue weighted by Gasteiger charge is -2.03. The Morgan fingerprint density at radius 1 is 1.12 bits per heavy atom. The summed E-state index contributed by atoms with van der Waals surface area (Å²) in [5.41, 5.74) is 0. The number of halogens is 2. The first-order valence-corrected chi connectivity index (χ1v) is 5.86. The van der Waals surface area contributed by atoms with Gasteiger partial charge in [0.2, 0.25) is 0 Å². The maximum absolute atomic E-state index is 8.52. The molecule has 1 heterocycles. The molecule has 0 saturated carbocycles. The molecule has 3 nitrogen and oxygen atoms in total. The Morgan fingerprint density at radius 3 is 2.50 bits per heavy atom. The van der Waals surface area contributed by atoms with Crippen molar-refractivity contribution in [1.82, 2.24) is 10.6 Å². The molecule has 1 aromatic rings. The van der Waals surface area contributed by atoms with Gasteiger partial charge in [0, 0.05) is 18.0 Å². The number of hydrogen-bond donors (Lipinski definition) is 3. The van der Waals surface area contributed by atoms with Crippen molar-refractivity contribution >= 4 is 36.2 Å². The van der Waals surface area contributed by atoms with E-state index in [4.69, 9.17) is 5.11 Å². The summed E-state index contributed by atoms with van der Waals surface area (Å²) in [7, 11) is 0. The van der Waals surface area contributed by atoms with Crippen molar-refractivity contribution in [2.75, 3.05) is 26.2 Å². The van der Waals surface area contributed by atoms with Crippen LogP contribution in [0.1, 0.15) is 11.3 Å². The van der Waals surface area contributed by atoms with Crippen molar-refractivity contribution in [2.24, 2.45) is 0 Å². The summed E-state index contributed by atoms with van der Waals surface area (Å²) >= 11 is 1.78. The van der Waals surface area contributed by atoms with E-state index in [9.17, 15) is 0 Å². The van der Waals surface area contributed by atoms with Crippen LogP contribution in [0.4, 0.5) is 0 Å². The first-order chi connectivity index (χ1) is 6.93. The highest BCUT2D eigenvalue weighted by molar-refractivity contribution is 7.09. The third-order valence-electron chi connectivity index (χ3n) is 1.88. The van der Waals surface area contributed by atoms with Crippen LogP contribution < -0.4 is 10.6 Å². The molecule has 0 atom stereocenters. The van der Waals surface area contributed by atoms with Crippen LogP contribution in [-0.2, 0) is 6.54 Å². The van der Waals surface area contributed by atoms with Gasteiger partial charge in [0.1, 0.15) is 0 Å². The molecule has 0 amide bonds. The molecule has 1 aromatic heterocycles. The van der Waals surface area contributed by atoms with E-state index in [1.165, 1.54) is 4.88 Å². The molecule has 0 bridgehead atoms. The van der Waals surface area contributed by atoms with E-state index in [0.717, 1.165) is 26.1 Å². The summed E-state index contributed by atoms with van der Waals surface area (Å²) in [4.78, 5) is 1.38. The number of rotatable bonds is 8. The topological polar surface area (TPSA) is 44.3 Å². The molecular weight excluding hydrogens is 267 g/mol.